The van der Waals surface area contributed by atoms with Crippen LogP contribution in [0.5, 0.6) is 0 Å². The van der Waals surface area contributed by atoms with E-state index >= 15 is 0 Å². The van der Waals surface area contributed by atoms with E-state index in [1.807, 2.05) is 0 Å². The van der Waals surface area contributed by atoms with E-state index in [0.717, 1.165) is 20.0 Å². The molecule has 0 aromatic heterocycles. The van der Waals surface area contributed by atoms with Gasteiger partial charge in [0.2, 0.25) is 0 Å². The molecule has 0 heterocycles. The predicted molar refractivity (Wildman–Crippen MR) is 101 cm³/mol. The van der Waals surface area contributed by atoms with Gasteiger partial charge in [0.25, 0.3) is 0 Å². The summed E-state index contributed by atoms with van der Waals surface area (Å²) in [6.45, 7) is 7.35. The van der Waals surface area contributed by atoms with Crippen molar-refractivity contribution in [1.29, 1.82) is 0 Å². The molecule has 0 radical (unpaired) electrons. The number of nitrogens with one attached hydrogen (secondary N) is 1. The molecule has 4 heteroatoms. The molecular formula is C17H18Br3N. The van der Waals surface area contributed by atoms with E-state index < -0.39 is 0 Å². The fraction of sp³-hybridized carbons (Fsp3) is 0.294. The second-order valence-corrected chi connectivity index (χ2v) is 7.74. The molecule has 0 bridgehead atoms. The maximum Gasteiger partial charge on any atom is 0.0590 e. The van der Waals surface area contributed by atoms with Crippen LogP contribution in [0.1, 0.15) is 35.2 Å². The van der Waals surface area contributed by atoms with Crippen LogP contribution in [-0.2, 0) is 0 Å². The molecule has 0 amide bonds. The summed E-state index contributed by atoms with van der Waals surface area (Å²) in [4.78, 5) is 0. The van der Waals surface area contributed by atoms with Gasteiger partial charge in [-0.1, -0.05) is 66.8 Å². The van der Waals surface area contributed by atoms with Crippen molar-refractivity contribution in [2.75, 3.05) is 6.54 Å². The molecule has 0 aliphatic rings. The first kappa shape index (κ1) is 17.2. The van der Waals surface area contributed by atoms with E-state index in [4.69, 9.17) is 0 Å². The van der Waals surface area contributed by atoms with Crippen LogP contribution in [0.2, 0.25) is 0 Å². The summed E-state index contributed by atoms with van der Waals surface area (Å²) in [5.74, 6) is 0. The highest BCUT2D eigenvalue weighted by Gasteiger charge is 2.18. The maximum atomic E-state index is 3.69. The highest BCUT2D eigenvalue weighted by Crippen LogP contribution is 2.34. The van der Waals surface area contributed by atoms with Crippen LogP contribution in [-0.4, -0.2) is 6.54 Å². The Hall–Kier alpha value is -0.160. The summed E-state index contributed by atoms with van der Waals surface area (Å²) in [6.07, 6.45) is 0. The Balaban J connectivity index is 2.55. The van der Waals surface area contributed by atoms with Crippen LogP contribution < -0.4 is 5.32 Å². The van der Waals surface area contributed by atoms with E-state index in [-0.39, 0.29) is 6.04 Å². The van der Waals surface area contributed by atoms with Crippen LogP contribution >= 0.6 is 47.8 Å². The van der Waals surface area contributed by atoms with Gasteiger partial charge in [0.05, 0.1) is 6.04 Å². The molecule has 1 N–H and O–H groups in total. The van der Waals surface area contributed by atoms with Crippen molar-refractivity contribution in [2.24, 2.45) is 0 Å². The molecule has 2 aromatic carbocycles. The standard InChI is InChI=1S/C17H18Br3N/c1-4-21-17(13-6-5-12(18)9-16(13)20)14-7-11(3)15(19)8-10(14)2/h5-9,17,21H,4H2,1-3H3. The normalized spacial score (nSPS) is 12.5. The quantitative estimate of drug-likeness (QED) is 0.548. The highest BCUT2D eigenvalue weighted by molar-refractivity contribution is 9.11. The molecule has 1 atom stereocenters. The summed E-state index contributed by atoms with van der Waals surface area (Å²) in [6, 6.07) is 11.0. The lowest BCUT2D eigenvalue weighted by Gasteiger charge is -2.23. The smallest absolute Gasteiger partial charge is 0.0590 e. The van der Waals surface area contributed by atoms with E-state index in [1.54, 1.807) is 0 Å². The number of halogens is 3. The molecule has 2 rings (SSSR count). The first-order valence-electron chi connectivity index (χ1n) is 6.89. The average Bonchev–Trinajstić information content (AvgIpc) is 2.41. The van der Waals surface area contributed by atoms with Crippen molar-refractivity contribution in [3.05, 3.63) is 66.0 Å². The van der Waals surface area contributed by atoms with Crippen LogP contribution in [0, 0.1) is 13.8 Å². The summed E-state index contributed by atoms with van der Waals surface area (Å²) in [5, 5.41) is 3.60. The van der Waals surface area contributed by atoms with Crippen molar-refractivity contribution >= 4 is 47.8 Å². The zero-order valence-corrected chi connectivity index (χ0v) is 17.1. The van der Waals surface area contributed by atoms with Crippen molar-refractivity contribution in [2.45, 2.75) is 26.8 Å². The molecule has 0 aliphatic heterocycles. The Bertz CT molecular complexity index is 653. The van der Waals surface area contributed by atoms with E-state index in [1.165, 1.54) is 22.3 Å². The van der Waals surface area contributed by atoms with Gasteiger partial charge < -0.3 is 5.32 Å². The lowest BCUT2D eigenvalue weighted by Crippen LogP contribution is -2.23. The Morgan fingerprint density at radius 1 is 0.905 bits per heavy atom. The van der Waals surface area contributed by atoms with Gasteiger partial charge in [-0.15, -0.1) is 0 Å². The molecule has 0 spiro atoms. The number of hydrogen-bond acceptors (Lipinski definition) is 1. The van der Waals surface area contributed by atoms with Crippen LogP contribution in [0.15, 0.2) is 43.7 Å². The Labute approximate surface area is 151 Å². The third-order valence-corrected chi connectivity index (χ3v) is 5.57. The monoisotopic (exact) mass is 473 g/mol. The summed E-state index contributed by atoms with van der Waals surface area (Å²) < 4.78 is 3.36. The van der Waals surface area contributed by atoms with Crippen LogP contribution in [0.25, 0.3) is 0 Å². The Morgan fingerprint density at radius 3 is 2.24 bits per heavy atom. The predicted octanol–water partition coefficient (Wildman–Crippen LogP) is 6.29. The van der Waals surface area contributed by atoms with Gasteiger partial charge in [0.15, 0.2) is 0 Å². The molecule has 112 valence electrons. The number of hydrogen-bond donors (Lipinski definition) is 1. The number of benzene rings is 2. The van der Waals surface area contributed by atoms with Gasteiger partial charge in [-0.2, -0.15) is 0 Å². The molecule has 21 heavy (non-hydrogen) atoms. The molecule has 1 nitrogen and oxygen atoms in total. The van der Waals surface area contributed by atoms with Gasteiger partial charge >= 0.3 is 0 Å². The molecule has 0 saturated heterocycles. The molecular weight excluding hydrogens is 458 g/mol. The first-order valence-corrected chi connectivity index (χ1v) is 9.27. The van der Waals surface area contributed by atoms with Gasteiger partial charge in [0.1, 0.15) is 0 Å². The molecule has 0 aliphatic carbocycles. The second kappa shape index (κ2) is 7.40. The second-order valence-electron chi connectivity index (χ2n) is 5.11. The van der Waals surface area contributed by atoms with Crippen molar-refractivity contribution in [3.63, 3.8) is 0 Å². The third-order valence-electron chi connectivity index (χ3n) is 3.54. The SMILES string of the molecule is CCNC(c1cc(C)c(Br)cc1C)c1ccc(Br)cc1Br. The zero-order valence-electron chi connectivity index (χ0n) is 12.3. The lowest BCUT2D eigenvalue weighted by atomic mass is 9.93. The van der Waals surface area contributed by atoms with Crippen molar-refractivity contribution in [1.82, 2.24) is 5.32 Å². The zero-order chi connectivity index (χ0) is 15.6. The Kier molecular flexibility index (Phi) is 6.06. The molecule has 0 fully saturated rings. The van der Waals surface area contributed by atoms with Gasteiger partial charge in [-0.25, -0.2) is 0 Å². The maximum absolute atomic E-state index is 3.69. The topological polar surface area (TPSA) is 12.0 Å². The summed E-state index contributed by atoms with van der Waals surface area (Å²) in [5.41, 5.74) is 5.12. The molecule has 0 saturated carbocycles. The average molecular weight is 476 g/mol. The summed E-state index contributed by atoms with van der Waals surface area (Å²) >= 11 is 10.8. The summed E-state index contributed by atoms with van der Waals surface area (Å²) in [7, 11) is 0. The third kappa shape index (κ3) is 3.98. The molecule has 2 aromatic rings. The van der Waals surface area contributed by atoms with Crippen LogP contribution in [0.4, 0.5) is 0 Å². The Morgan fingerprint density at radius 2 is 1.62 bits per heavy atom. The van der Waals surface area contributed by atoms with E-state index in [2.05, 4.69) is 104 Å². The lowest BCUT2D eigenvalue weighted by molar-refractivity contribution is 0.625. The minimum atomic E-state index is 0.185. The van der Waals surface area contributed by atoms with Crippen LogP contribution in [0.3, 0.4) is 0 Å². The van der Waals surface area contributed by atoms with Gasteiger partial charge in [0, 0.05) is 13.4 Å². The highest BCUT2D eigenvalue weighted by atomic mass is 79.9. The van der Waals surface area contributed by atoms with Crippen molar-refractivity contribution < 1.29 is 0 Å². The van der Waals surface area contributed by atoms with Gasteiger partial charge in [-0.05, 0) is 60.8 Å². The minimum absolute atomic E-state index is 0.185. The largest absolute Gasteiger partial charge is 0.306 e. The van der Waals surface area contributed by atoms with Gasteiger partial charge in [-0.3, -0.25) is 0 Å². The van der Waals surface area contributed by atoms with Crippen molar-refractivity contribution in [3.8, 4) is 0 Å². The van der Waals surface area contributed by atoms with E-state index in [9.17, 15) is 0 Å². The molecule has 1 unspecified atom stereocenters. The number of rotatable bonds is 4. The fourth-order valence-corrected chi connectivity index (χ4v) is 4.18. The number of aryl methyl sites for hydroxylation is 2. The van der Waals surface area contributed by atoms with E-state index in [0.29, 0.717) is 0 Å². The first-order chi connectivity index (χ1) is 9.93. The fourth-order valence-electron chi connectivity index (χ4n) is 2.44. The minimum Gasteiger partial charge on any atom is -0.306 e.